The van der Waals surface area contributed by atoms with Gasteiger partial charge < -0.3 is 4.55 Å². The highest BCUT2D eigenvalue weighted by Gasteiger charge is 1.91. The van der Waals surface area contributed by atoms with E-state index in [0.29, 0.717) is 0 Å². The lowest BCUT2D eigenvalue weighted by atomic mass is 11.0. The molecule has 1 heterocycles. The van der Waals surface area contributed by atoms with Gasteiger partial charge in [-0.05, 0) is 11.1 Å². The van der Waals surface area contributed by atoms with Gasteiger partial charge in [0.1, 0.15) is 5.03 Å². The molecular weight excluding hydrogens is 148 g/mol. The molecule has 0 saturated heterocycles. The topological polar surface area (TPSA) is 65.9 Å². The molecule has 1 atom stereocenters. The van der Waals surface area contributed by atoms with E-state index in [-0.39, 0.29) is 5.03 Å². The van der Waals surface area contributed by atoms with Gasteiger partial charge in [0.2, 0.25) is 0 Å². The molecular formula is C2HN2O2S2-. The standard InChI is InChI=1S/C2H2N2O2S2/c5-8(6)2-1-3-7-4-2/h1H,(H,5,6)/p-1. The zero-order valence-electron chi connectivity index (χ0n) is 3.60. The van der Waals surface area contributed by atoms with E-state index in [1.54, 1.807) is 0 Å². The van der Waals surface area contributed by atoms with Crippen LogP contribution in [0.15, 0.2) is 11.2 Å². The van der Waals surface area contributed by atoms with Crippen molar-refractivity contribution in [3.8, 4) is 0 Å². The van der Waals surface area contributed by atoms with Gasteiger partial charge in [-0.3, -0.25) is 4.21 Å². The Morgan fingerprint density at radius 1 is 1.88 bits per heavy atom. The predicted octanol–water partition coefficient (Wildman–Crippen LogP) is -0.224. The molecule has 1 aromatic heterocycles. The molecule has 1 aromatic rings. The van der Waals surface area contributed by atoms with Crippen molar-refractivity contribution in [2.45, 2.75) is 5.03 Å². The summed E-state index contributed by atoms with van der Waals surface area (Å²) in [5, 5.41) is 0.00926. The quantitative estimate of drug-likeness (QED) is 0.517. The lowest BCUT2D eigenvalue weighted by molar-refractivity contribution is 0.534. The number of hydrogen-bond acceptors (Lipinski definition) is 5. The maximum Gasteiger partial charge on any atom is 0.147 e. The average Bonchev–Trinajstić information content (AvgIpc) is 2.12. The van der Waals surface area contributed by atoms with E-state index in [9.17, 15) is 8.76 Å². The highest BCUT2D eigenvalue weighted by Crippen LogP contribution is 1.97. The highest BCUT2D eigenvalue weighted by molar-refractivity contribution is 7.79. The average molecular weight is 149 g/mol. The van der Waals surface area contributed by atoms with Crippen LogP contribution in [0.5, 0.6) is 0 Å². The smallest absolute Gasteiger partial charge is 0.147 e. The maximum absolute atomic E-state index is 9.97. The summed E-state index contributed by atoms with van der Waals surface area (Å²) >= 11 is -1.34. The number of hydrogen-bond donors (Lipinski definition) is 0. The minimum atomic E-state index is -2.21. The molecule has 6 heteroatoms. The monoisotopic (exact) mass is 149 g/mol. The molecule has 1 rings (SSSR count). The van der Waals surface area contributed by atoms with Gasteiger partial charge in [-0.25, -0.2) is 0 Å². The predicted molar refractivity (Wildman–Crippen MR) is 27.1 cm³/mol. The molecule has 4 nitrogen and oxygen atoms in total. The number of rotatable bonds is 1. The largest absolute Gasteiger partial charge is 0.767 e. The molecule has 0 saturated carbocycles. The lowest BCUT2D eigenvalue weighted by Gasteiger charge is -1.94. The molecule has 0 amide bonds. The first-order chi connectivity index (χ1) is 3.80. The summed E-state index contributed by atoms with van der Waals surface area (Å²) < 4.78 is 26.8. The van der Waals surface area contributed by atoms with Crippen molar-refractivity contribution in [1.29, 1.82) is 0 Å². The number of nitrogens with zero attached hydrogens (tertiary/aromatic N) is 2. The van der Waals surface area contributed by atoms with Crippen LogP contribution >= 0.6 is 11.7 Å². The van der Waals surface area contributed by atoms with Crippen LogP contribution in [0.2, 0.25) is 0 Å². The van der Waals surface area contributed by atoms with Crippen molar-refractivity contribution < 1.29 is 8.76 Å². The lowest BCUT2D eigenvalue weighted by Crippen LogP contribution is -1.85. The minimum absolute atomic E-state index is 0.00926. The second-order valence-corrected chi connectivity index (χ2v) is 2.42. The van der Waals surface area contributed by atoms with Gasteiger partial charge in [0.25, 0.3) is 0 Å². The third kappa shape index (κ3) is 1.09. The van der Waals surface area contributed by atoms with Crippen LogP contribution < -0.4 is 0 Å². The second kappa shape index (κ2) is 2.29. The maximum atomic E-state index is 9.97. The molecule has 0 N–H and O–H groups in total. The van der Waals surface area contributed by atoms with Gasteiger partial charge >= 0.3 is 0 Å². The van der Waals surface area contributed by atoms with Crippen molar-refractivity contribution in [2.24, 2.45) is 0 Å². The number of aromatic nitrogens is 2. The van der Waals surface area contributed by atoms with Gasteiger partial charge in [-0.2, -0.15) is 8.75 Å². The minimum Gasteiger partial charge on any atom is -0.767 e. The molecule has 0 bridgehead atoms. The fourth-order valence-electron chi connectivity index (χ4n) is 0.229. The molecule has 0 aliphatic rings. The Morgan fingerprint density at radius 2 is 2.62 bits per heavy atom. The Bertz CT molecular complexity index is 184. The molecule has 0 aromatic carbocycles. The van der Waals surface area contributed by atoms with Crippen molar-refractivity contribution in [3.63, 3.8) is 0 Å². The zero-order chi connectivity index (χ0) is 5.98. The van der Waals surface area contributed by atoms with Gasteiger partial charge in [0, 0.05) is 0 Å². The van der Waals surface area contributed by atoms with E-state index >= 15 is 0 Å². The van der Waals surface area contributed by atoms with Crippen LogP contribution in [0.25, 0.3) is 0 Å². The Morgan fingerprint density at radius 3 is 2.88 bits per heavy atom. The Hall–Kier alpha value is -0.330. The van der Waals surface area contributed by atoms with Gasteiger partial charge in [-0.1, -0.05) is 0 Å². The molecule has 1 unspecified atom stereocenters. The third-order valence-corrected chi connectivity index (χ3v) is 1.64. The van der Waals surface area contributed by atoms with Crippen molar-refractivity contribution >= 4 is 22.8 Å². The summed E-state index contributed by atoms with van der Waals surface area (Å²) in [6, 6.07) is 0. The van der Waals surface area contributed by atoms with Crippen LogP contribution in [0.4, 0.5) is 0 Å². The second-order valence-electron chi connectivity index (χ2n) is 0.980. The molecule has 0 aliphatic heterocycles. The molecule has 44 valence electrons. The fraction of sp³-hybridized carbons (Fsp3) is 0. The van der Waals surface area contributed by atoms with Crippen molar-refractivity contribution in [1.82, 2.24) is 8.75 Å². The molecule has 0 fully saturated rings. The van der Waals surface area contributed by atoms with Gasteiger partial charge in [0.05, 0.1) is 17.9 Å². The fourth-order valence-corrected chi connectivity index (χ4v) is 1.10. The van der Waals surface area contributed by atoms with E-state index in [0.717, 1.165) is 11.7 Å². The first kappa shape index (κ1) is 5.80. The Labute approximate surface area is 52.2 Å². The van der Waals surface area contributed by atoms with Gasteiger partial charge in [0.15, 0.2) is 0 Å². The Balaban J connectivity index is 2.93. The van der Waals surface area contributed by atoms with Crippen molar-refractivity contribution in [3.05, 3.63) is 6.20 Å². The van der Waals surface area contributed by atoms with Crippen LogP contribution in [0, 0.1) is 0 Å². The zero-order valence-corrected chi connectivity index (χ0v) is 5.24. The first-order valence-electron chi connectivity index (χ1n) is 1.67. The first-order valence-corrected chi connectivity index (χ1v) is 3.48. The highest BCUT2D eigenvalue weighted by atomic mass is 32.2. The summed E-state index contributed by atoms with van der Waals surface area (Å²) in [7, 11) is 0. The Kier molecular flexibility index (Phi) is 1.66. The van der Waals surface area contributed by atoms with Gasteiger partial charge in [-0.15, -0.1) is 0 Å². The SMILES string of the molecule is O=S([O-])c1cnsn1. The summed E-state index contributed by atoms with van der Waals surface area (Å²) in [5.41, 5.74) is 0. The molecule has 8 heavy (non-hydrogen) atoms. The van der Waals surface area contributed by atoms with Crippen LogP contribution in [0.1, 0.15) is 0 Å². The van der Waals surface area contributed by atoms with E-state index in [4.69, 9.17) is 0 Å². The van der Waals surface area contributed by atoms with Crippen molar-refractivity contribution in [2.75, 3.05) is 0 Å². The summed E-state index contributed by atoms with van der Waals surface area (Å²) in [5.74, 6) is 0. The third-order valence-electron chi connectivity index (χ3n) is 0.512. The van der Waals surface area contributed by atoms with E-state index in [1.165, 1.54) is 6.20 Å². The van der Waals surface area contributed by atoms with E-state index in [2.05, 4.69) is 8.75 Å². The molecule has 0 radical (unpaired) electrons. The summed E-state index contributed by atoms with van der Waals surface area (Å²) in [4.78, 5) is 0. The molecule has 0 spiro atoms. The molecule has 0 aliphatic carbocycles. The van der Waals surface area contributed by atoms with Crippen LogP contribution in [0.3, 0.4) is 0 Å². The van der Waals surface area contributed by atoms with Crippen LogP contribution in [-0.2, 0) is 11.1 Å². The summed E-state index contributed by atoms with van der Waals surface area (Å²) in [6.07, 6.45) is 1.20. The van der Waals surface area contributed by atoms with Crippen LogP contribution in [-0.4, -0.2) is 17.5 Å². The van der Waals surface area contributed by atoms with E-state index < -0.39 is 11.1 Å². The summed E-state index contributed by atoms with van der Waals surface area (Å²) in [6.45, 7) is 0. The van der Waals surface area contributed by atoms with E-state index in [1.807, 2.05) is 0 Å². The normalized spacial score (nSPS) is 13.6.